The van der Waals surface area contributed by atoms with Crippen LogP contribution in [0.15, 0.2) is 11.5 Å². The Hall–Kier alpha value is -0.680. The molecule has 0 amide bonds. The van der Waals surface area contributed by atoms with Crippen LogP contribution in [0.1, 0.15) is 6.92 Å². The highest BCUT2D eigenvalue weighted by atomic mass is 32.2. The molecule has 0 atom stereocenters. The van der Waals surface area contributed by atoms with Crippen molar-refractivity contribution in [2.24, 2.45) is 0 Å². The average Bonchev–Trinajstić information content (AvgIpc) is 1.86. The highest BCUT2D eigenvalue weighted by Crippen LogP contribution is 2.00. The molecule has 0 unspecified atom stereocenters. The van der Waals surface area contributed by atoms with Gasteiger partial charge in [-0.3, -0.25) is 0 Å². The SMILES string of the molecule is C=C(C(C)=N)S(=O)(=O)NC. The van der Waals surface area contributed by atoms with Crippen LogP contribution in [0, 0.1) is 5.41 Å². The fourth-order valence-electron chi connectivity index (χ4n) is 0.325. The normalized spacial score (nSPS) is 11.0. The molecule has 0 rings (SSSR count). The fraction of sp³-hybridized carbons (Fsp3) is 0.400. The number of rotatable bonds is 3. The highest BCUT2D eigenvalue weighted by molar-refractivity contribution is 7.94. The third-order valence-electron chi connectivity index (χ3n) is 1.01. The number of nitrogens with one attached hydrogen (secondary N) is 2. The summed E-state index contributed by atoms with van der Waals surface area (Å²) in [5, 5.41) is 6.94. The van der Waals surface area contributed by atoms with Gasteiger partial charge in [-0.25, -0.2) is 13.1 Å². The third kappa shape index (κ3) is 1.93. The van der Waals surface area contributed by atoms with Crippen molar-refractivity contribution < 1.29 is 8.42 Å². The lowest BCUT2D eigenvalue weighted by atomic mass is 10.4. The van der Waals surface area contributed by atoms with Crippen LogP contribution in [0.2, 0.25) is 0 Å². The number of allylic oxidation sites excluding steroid dienone is 1. The van der Waals surface area contributed by atoms with Crippen molar-refractivity contribution in [1.29, 1.82) is 5.41 Å². The average molecular weight is 162 g/mol. The van der Waals surface area contributed by atoms with Gasteiger partial charge in [0.2, 0.25) is 10.0 Å². The van der Waals surface area contributed by atoms with Gasteiger partial charge >= 0.3 is 0 Å². The Morgan fingerprint density at radius 3 is 2.10 bits per heavy atom. The molecule has 4 nitrogen and oxygen atoms in total. The summed E-state index contributed by atoms with van der Waals surface area (Å²) >= 11 is 0. The lowest BCUT2D eigenvalue weighted by Gasteiger charge is -2.01. The van der Waals surface area contributed by atoms with Crippen molar-refractivity contribution >= 4 is 15.7 Å². The second-order valence-electron chi connectivity index (χ2n) is 1.76. The molecule has 0 radical (unpaired) electrons. The molecule has 0 aromatic rings. The molecular weight excluding hydrogens is 152 g/mol. The van der Waals surface area contributed by atoms with E-state index in [4.69, 9.17) is 5.41 Å². The van der Waals surface area contributed by atoms with Gasteiger partial charge in [0.15, 0.2) is 0 Å². The van der Waals surface area contributed by atoms with Gasteiger partial charge in [-0.1, -0.05) is 6.58 Å². The monoisotopic (exact) mass is 162 g/mol. The molecule has 0 aliphatic carbocycles. The van der Waals surface area contributed by atoms with E-state index in [9.17, 15) is 8.42 Å². The van der Waals surface area contributed by atoms with Gasteiger partial charge in [-0.15, -0.1) is 0 Å². The Kier molecular flexibility index (Phi) is 2.74. The molecule has 0 spiro atoms. The molecule has 0 aliphatic heterocycles. The first-order chi connectivity index (χ1) is 4.41. The highest BCUT2D eigenvalue weighted by Gasteiger charge is 2.13. The molecule has 58 valence electrons. The zero-order valence-electron chi connectivity index (χ0n) is 5.93. The first-order valence-electron chi connectivity index (χ1n) is 2.60. The summed E-state index contributed by atoms with van der Waals surface area (Å²) in [7, 11) is -2.19. The van der Waals surface area contributed by atoms with Crippen LogP contribution in [0.5, 0.6) is 0 Å². The van der Waals surface area contributed by atoms with Gasteiger partial charge < -0.3 is 5.41 Å². The molecule has 0 aromatic heterocycles. The van der Waals surface area contributed by atoms with Gasteiger partial charge in [-0.05, 0) is 14.0 Å². The predicted molar refractivity (Wildman–Crippen MR) is 40.5 cm³/mol. The molecule has 0 saturated carbocycles. The van der Waals surface area contributed by atoms with Crippen molar-refractivity contribution in [3.8, 4) is 0 Å². The van der Waals surface area contributed by atoms with Gasteiger partial charge in [-0.2, -0.15) is 0 Å². The maximum absolute atomic E-state index is 10.8. The molecule has 5 heteroatoms. The van der Waals surface area contributed by atoms with E-state index in [1.54, 1.807) is 0 Å². The lowest BCUT2D eigenvalue weighted by Crippen LogP contribution is -2.22. The Morgan fingerprint density at radius 1 is 1.60 bits per heavy atom. The van der Waals surface area contributed by atoms with E-state index >= 15 is 0 Å². The third-order valence-corrected chi connectivity index (χ3v) is 2.50. The minimum Gasteiger partial charge on any atom is -0.304 e. The zero-order valence-corrected chi connectivity index (χ0v) is 6.75. The predicted octanol–water partition coefficient (Wildman–Crippen LogP) is 0.0890. The van der Waals surface area contributed by atoms with Crippen molar-refractivity contribution in [2.75, 3.05) is 7.05 Å². The summed E-state index contributed by atoms with van der Waals surface area (Å²) in [4.78, 5) is -0.185. The first kappa shape index (κ1) is 9.32. The minimum atomic E-state index is -3.47. The van der Waals surface area contributed by atoms with Crippen LogP contribution in [0.3, 0.4) is 0 Å². The van der Waals surface area contributed by atoms with Crippen molar-refractivity contribution in [3.05, 3.63) is 11.5 Å². The standard InChI is InChI=1S/C5H10N2O2S/c1-4(6)5(2)10(8,9)7-3/h6-7H,2H2,1,3H3. The van der Waals surface area contributed by atoms with Crippen LogP contribution >= 0.6 is 0 Å². The summed E-state index contributed by atoms with van der Waals surface area (Å²) < 4.78 is 23.6. The zero-order chi connectivity index (χ0) is 8.36. The Bertz CT molecular complexity index is 253. The number of hydrogen-bond donors (Lipinski definition) is 2. The Labute approximate surface area is 60.5 Å². The molecule has 0 fully saturated rings. The first-order valence-corrected chi connectivity index (χ1v) is 4.08. The van der Waals surface area contributed by atoms with Crippen LogP contribution in [-0.2, 0) is 10.0 Å². The fourth-order valence-corrected chi connectivity index (χ4v) is 0.974. The minimum absolute atomic E-state index is 0.0469. The van der Waals surface area contributed by atoms with E-state index in [2.05, 4.69) is 11.3 Å². The van der Waals surface area contributed by atoms with Crippen molar-refractivity contribution in [1.82, 2.24) is 4.72 Å². The molecule has 10 heavy (non-hydrogen) atoms. The Morgan fingerprint density at radius 2 is 2.00 bits per heavy atom. The summed E-state index contributed by atoms with van der Waals surface area (Å²) in [6, 6.07) is 0. The van der Waals surface area contributed by atoms with Crippen molar-refractivity contribution in [3.63, 3.8) is 0 Å². The quantitative estimate of drug-likeness (QED) is 0.577. The van der Waals surface area contributed by atoms with E-state index in [1.165, 1.54) is 14.0 Å². The molecule has 0 heterocycles. The van der Waals surface area contributed by atoms with E-state index < -0.39 is 10.0 Å². The second kappa shape index (κ2) is 2.94. The topological polar surface area (TPSA) is 70.0 Å². The number of hydrogen-bond acceptors (Lipinski definition) is 3. The summed E-state index contributed by atoms with van der Waals surface area (Å²) in [6.45, 7) is 4.59. The molecule has 0 aromatic carbocycles. The van der Waals surface area contributed by atoms with Gasteiger partial charge in [0.25, 0.3) is 0 Å². The van der Waals surface area contributed by atoms with Crippen molar-refractivity contribution in [2.45, 2.75) is 6.92 Å². The smallest absolute Gasteiger partial charge is 0.241 e. The largest absolute Gasteiger partial charge is 0.304 e. The maximum Gasteiger partial charge on any atom is 0.241 e. The molecule has 2 N–H and O–H groups in total. The summed E-state index contributed by atoms with van der Waals surface area (Å²) in [5.41, 5.74) is -0.0469. The molecule has 0 aliphatic rings. The summed E-state index contributed by atoms with van der Waals surface area (Å²) in [5.74, 6) is 0. The van der Waals surface area contributed by atoms with Gasteiger partial charge in [0.05, 0.1) is 4.91 Å². The molecular formula is C5H10N2O2S. The van der Waals surface area contributed by atoms with Crippen LogP contribution < -0.4 is 4.72 Å². The van der Waals surface area contributed by atoms with E-state index in [0.29, 0.717) is 0 Å². The van der Waals surface area contributed by atoms with E-state index in [-0.39, 0.29) is 10.6 Å². The second-order valence-corrected chi connectivity index (χ2v) is 3.66. The molecule has 0 saturated heterocycles. The Balaban J connectivity index is 4.70. The van der Waals surface area contributed by atoms with Crippen LogP contribution in [-0.4, -0.2) is 21.2 Å². The van der Waals surface area contributed by atoms with Gasteiger partial charge in [0, 0.05) is 5.71 Å². The summed E-state index contributed by atoms with van der Waals surface area (Å²) in [6.07, 6.45) is 0. The lowest BCUT2D eigenvalue weighted by molar-refractivity contribution is 0.596. The number of sulfonamides is 1. The molecule has 0 bridgehead atoms. The van der Waals surface area contributed by atoms with E-state index in [1.807, 2.05) is 0 Å². The van der Waals surface area contributed by atoms with Crippen LogP contribution in [0.4, 0.5) is 0 Å². The maximum atomic E-state index is 10.8. The van der Waals surface area contributed by atoms with E-state index in [0.717, 1.165) is 0 Å². The van der Waals surface area contributed by atoms with Gasteiger partial charge in [0.1, 0.15) is 0 Å². The van der Waals surface area contributed by atoms with Crippen LogP contribution in [0.25, 0.3) is 0 Å².